The summed E-state index contributed by atoms with van der Waals surface area (Å²) in [6.45, 7) is 4.35. The first kappa shape index (κ1) is 20.2. The van der Waals surface area contributed by atoms with Gasteiger partial charge < -0.3 is 15.5 Å². The highest BCUT2D eigenvalue weighted by Gasteiger charge is 2.28. The average molecular weight is 408 g/mol. The lowest BCUT2D eigenvalue weighted by atomic mass is 10.1. The summed E-state index contributed by atoms with van der Waals surface area (Å²) in [6, 6.07) is 3.74. The molecule has 2 aromatic rings. The third-order valence-electron chi connectivity index (χ3n) is 4.74. The second-order valence-electron chi connectivity index (χ2n) is 6.87. The summed E-state index contributed by atoms with van der Waals surface area (Å²) >= 11 is 6.02. The Morgan fingerprint density at radius 2 is 1.89 bits per heavy atom. The summed E-state index contributed by atoms with van der Waals surface area (Å²) in [5, 5.41) is 0.123. The first-order valence-corrected chi connectivity index (χ1v) is 9.31. The van der Waals surface area contributed by atoms with Crippen molar-refractivity contribution in [3.63, 3.8) is 0 Å². The van der Waals surface area contributed by atoms with E-state index in [9.17, 15) is 9.18 Å². The molecule has 1 aliphatic rings. The van der Waals surface area contributed by atoms with Crippen LogP contribution in [0.5, 0.6) is 0 Å². The number of halogens is 2. The summed E-state index contributed by atoms with van der Waals surface area (Å²) in [7, 11) is 3.68. The van der Waals surface area contributed by atoms with E-state index in [0.717, 1.165) is 6.07 Å². The van der Waals surface area contributed by atoms with Gasteiger partial charge in [0, 0.05) is 40.3 Å². The van der Waals surface area contributed by atoms with E-state index in [1.165, 1.54) is 12.1 Å². The molecule has 1 fully saturated rings. The van der Waals surface area contributed by atoms with Gasteiger partial charge in [0.25, 0.3) is 5.91 Å². The van der Waals surface area contributed by atoms with Crippen molar-refractivity contribution in [2.75, 3.05) is 50.9 Å². The second kappa shape index (κ2) is 8.24. The molecule has 1 aromatic carbocycles. The molecule has 10 heteroatoms. The SMILES string of the molecule is CC(c1nc(N)nc(N(C)C)n1)N1CCN(C(=O)c2ccc(F)cc2Cl)CC1. The fraction of sp³-hybridized carbons (Fsp3) is 0.444. The number of piperazine rings is 1. The summed E-state index contributed by atoms with van der Waals surface area (Å²) in [6.07, 6.45) is 0. The Morgan fingerprint density at radius 1 is 1.21 bits per heavy atom. The van der Waals surface area contributed by atoms with Crippen molar-refractivity contribution in [2.24, 2.45) is 0 Å². The van der Waals surface area contributed by atoms with Gasteiger partial charge in [-0.05, 0) is 25.1 Å². The topological polar surface area (TPSA) is 91.5 Å². The largest absolute Gasteiger partial charge is 0.368 e. The maximum Gasteiger partial charge on any atom is 0.255 e. The molecule has 1 aromatic heterocycles. The summed E-state index contributed by atoms with van der Waals surface area (Å²) < 4.78 is 13.2. The van der Waals surface area contributed by atoms with E-state index in [-0.39, 0.29) is 22.9 Å². The summed E-state index contributed by atoms with van der Waals surface area (Å²) in [5.74, 6) is 0.623. The number of carbonyl (C=O) groups is 1. The Kier molecular flexibility index (Phi) is 5.95. The smallest absolute Gasteiger partial charge is 0.255 e. The van der Waals surface area contributed by atoms with Crippen LogP contribution in [-0.2, 0) is 0 Å². The van der Waals surface area contributed by atoms with Gasteiger partial charge in [0.15, 0.2) is 5.82 Å². The van der Waals surface area contributed by atoms with E-state index in [2.05, 4.69) is 19.9 Å². The number of benzene rings is 1. The Labute approximate surface area is 168 Å². The number of hydrogen-bond acceptors (Lipinski definition) is 7. The molecular formula is C18H23ClFN7O. The van der Waals surface area contributed by atoms with Crippen LogP contribution in [0.15, 0.2) is 18.2 Å². The van der Waals surface area contributed by atoms with Crippen LogP contribution in [0.3, 0.4) is 0 Å². The molecule has 0 saturated carbocycles. The molecule has 1 saturated heterocycles. The van der Waals surface area contributed by atoms with E-state index in [1.54, 1.807) is 9.80 Å². The van der Waals surface area contributed by atoms with Crippen molar-refractivity contribution in [2.45, 2.75) is 13.0 Å². The number of rotatable bonds is 4. The third-order valence-corrected chi connectivity index (χ3v) is 5.06. The highest BCUT2D eigenvalue weighted by atomic mass is 35.5. The summed E-state index contributed by atoms with van der Waals surface area (Å²) in [5.41, 5.74) is 6.13. The molecule has 1 amide bonds. The molecular weight excluding hydrogens is 385 g/mol. The van der Waals surface area contributed by atoms with E-state index in [1.807, 2.05) is 21.0 Å². The van der Waals surface area contributed by atoms with Gasteiger partial charge in [-0.3, -0.25) is 9.69 Å². The van der Waals surface area contributed by atoms with Gasteiger partial charge in [-0.15, -0.1) is 0 Å². The Bertz CT molecular complexity index is 871. The first-order chi connectivity index (χ1) is 13.3. The molecule has 2 N–H and O–H groups in total. The number of aromatic nitrogens is 3. The van der Waals surface area contributed by atoms with Crippen molar-refractivity contribution >= 4 is 29.4 Å². The molecule has 0 bridgehead atoms. The van der Waals surface area contributed by atoms with Gasteiger partial charge in [-0.2, -0.15) is 15.0 Å². The van der Waals surface area contributed by atoms with Gasteiger partial charge in [0.1, 0.15) is 5.82 Å². The predicted molar refractivity (Wildman–Crippen MR) is 106 cm³/mol. The van der Waals surface area contributed by atoms with Crippen LogP contribution >= 0.6 is 11.6 Å². The Balaban J connectivity index is 1.67. The highest BCUT2D eigenvalue weighted by Crippen LogP contribution is 2.23. The van der Waals surface area contributed by atoms with Gasteiger partial charge >= 0.3 is 0 Å². The molecule has 0 radical (unpaired) electrons. The Morgan fingerprint density at radius 3 is 2.50 bits per heavy atom. The fourth-order valence-corrected chi connectivity index (χ4v) is 3.34. The van der Waals surface area contributed by atoms with Crippen LogP contribution in [0.1, 0.15) is 29.1 Å². The van der Waals surface area contributed by atoms with Crippen LogP contribution < -0.4 is 10.6 Å². The number of nitrogens with zero attached hydrogens (tertiary/aromatic N) is 6. The lowest BCUT2D eigenvalue weighted by Gasteiger charge is -2.37. The maximum atomic E-state index is 13.2. The zero-order chi connectivity index (χ0) is 20.4. The molecule has 0 aliphatic carbocycles. The predicted octanol–water partition coefficient (Wildman–Crippen LogP) is 1.83. The van der Waals surface area contributed by atoms with E-state index >= 15 is 0 Å². The number of nitrogen functional groups attached to an aromatic ring is 1. The zero-order valence-electron chi connectivity index (χ0n) is 16.1. The number of hydrogen-bond donors (Lipinski definition) is 1. The average Bonchev–Trinajstić information content (AvgIpc) is 2.66. The Hall–Kier alpha value is -2.52. The molecule has 1 aliphatic heterocycles. The number of nitrogens with two attached hydrogens (primary N) is 1. The van der Waals surface area contributed by atoms with Crippen molar-refractivity contribution < 1.29 is 9.18 Å². The second-order valence-corrected chi connectivity index (χ2v) is 7.28. The normalized spacial score (nSPS) is 16.1. The van der Waals surface area contributed by atoms with E-state index in [0.29, 0.717) is 43.5 Å². The molecule has 28 heavy (non-hydrogen) atoms. The zero-order valence-corrected chi connectivity index (χ0v) is 16.8. The van der Waals surface area contributed by atoms with Crippen molar-refractivity contribution in [3.05, 3.63) is 40.4 Å². The van der Waals surface area contributed by atoms with E-state index < -0.39 is 5.82 Å². The molecule has 0 spiro atoms. The van der Waals surface area contributed by atoms with Gasteiger partial charge in [0.05, 0.1) is 16.6 Å². The van der Waals surface area contributed by atoms with Crippen molar-refractivity contribution in [1.29, 1.82) is 0 Å². The molecule has 1 unspecified atom stereocenters. The van der Waals surface area contributed by atoms with Crippen LogP contribution in [-0.4, -0.2) is 70.9 Å². The van der Waals surface area contributed by atoms with E-state index in [4.69, 9.17) is 17.3 Å². The fourth-order valence-electron chi connectivity index (χ4n) is 3.09. The standard InChI is InChI=1S/C18H23ClFN7O/c1-11(15-22-17(21)24-18(23-15)25(2)3)26-6-8-27(9-7-26)16(28)13-5-4-12(20)10-14(13)19/h4-5,10-11H,6-9H2,1-3H3,(H2,21,22,23,24). The van der Waals surface area contributed by atoms with Crippen LogP contribution in [0.25, 0.3) is 0 Å². The monoisotopic (exact) mass is 407 g/mol. The van der Waals surface area contributed by atoms with Gasteiger partial charge in [0.2, 0.25) is 11.9 Å². The van der Waals surface area contributed by atoms with Crippen LogP contribution in [0.4, 0.5) is 16.3 Å². The minimum Gasteiger partial charge on any atom is -0.368 e. The number of amides is 1. The molecule has 3 rings (SSSR count). The number of anilines is 2. The van der Waals surface area contributed by atoms with Crippen molar-refractivity contribution in [1.82, 2.24) is 24.8 Å². The highest BCUT2D eigenvalue weighted by molar-refractivity contribution is 6.33. The minimum atomic E-state index is -0.464. The van der Waals surface area contributed by atoms with Crippen molar-refractivity contribution in [3.8, 4) is 0 Å². The summed E-state index contributed by atoms with van der Waals surface area (Å²) in [4.78, 5) is 31.2. The third kappa shape index (κ3) is 4.31. The minimum absolute atomic E-state index is 0.0735. The molecule has 150 valence electrons. The molecule has 2 heterocycles. The van der Waals surface area contributed by atoms with Crippen LogP contribution in [0, 0.1) is 5.82 Å². The number of carbonyl (C=O) groups excluding carboxylic acids is 1. The first-order valence-electron chi connectivity index (χ1n) is 8.93. The lowest BCUT2D eigenvalue weighted by Crippen LogP contribution is -2.49. The maximum absolute atomic E-state index is 13.2. The van der Waals surface area contributed by atoms with Gasteiger partial charge in [-0.1, -0.05) is 11.6 Å². The quantitative estimate of drug-likeness (QED) is 0.826. The van der Waals surface area contributed by atoms with Gasteiger partial charge in [-0.25, -0.2) is 4.39 Å². The molecule has 1 atom stereocenters. The molecule has 8 nitrogen and oxygen atoms in total. The lowest BCUT2D eigenvalue weighted by molar-refractivity contribution is 0.0575. The van der Waals surface area contributed by atoms with Crippen LogP contribution in [0.2, 0.25) is 5.02 Å².